The van der Waals surface area contributed by atoms with Gasteiger partial charge in [0.25, 0.3) is 0 Å². The van der Waals surface area contributed by atoms with Crippen LogP contribution in [0.4, 0.5) is 16.2 Å². The summed E-state index contributed by atoms with van der Waals surface area (Å²) < 4.78 is 18.4. The number of ketones is 1. The minimum absolute atomic E-state index is 0.0454. The lowest BCUT2D eigenvalue weighted by Crippen LogP contribution is -2.76. The Bertz CT molecular complexity index is 3650. The standard InChI is InChI=1S/C20H23NO4.C17H20N2S.C15H15NO2S.C14H23NO.C11H16N2O3/c22-13-4-3-12-9-15-20(24)6-5-14(23)18-19(20,16(12)17(13)25-18)7-8-21(15)10-11-1-2-11;1-13(18(2)3)12-19-14-8-4-6-10-16(14)20-17-11-7-5-9-15(17)19;16-14(17)11-19(18)15(12-7-3-1-4-8-12)13-9-5-2-6-10-13;1-5-14(11(2)10-15(3)4)12-7-6-8-13(16)9-12;1-4-6-11(7(3)5-2)8(14)12-10(16)13-9(11)15/h3-4,11,15,18,22,24H,1-2,5-10H2;4-11,13H,12H2,1-3H3;1-10,15H,11H2,(H2,16,17);6-9,11,14,16H,5,10H2,1-4H3;4,7H,1,5-6H2,2-3H3,(H2,12,13,14,15,16)/t15-,18+,19+,20-;;;11-,14+;/m1..0./s1. The monoisotopic (exact) mass is 1340 g/mol. The van der Waals surface area contributed by atoms with Crippen LogP contribution in [0.5, 0.6) is 17.2 Å². The molecule has 4 fully saturated rings. The number of benzene rings is 6. The van der Waals surface area contributed by atoms with E-state index in [1.165, 1.54) is 45.6 Å². The molecule has 96 heavy (non-hydrogen) atoms. The number of nitrogens with two attached hydrogens (primary N) is 1. The van der Waals surface area contributed by atoms with Gasteiger partial charge in [-0.25, -0.2) is 4.79 Å². The van der Waals surface area contributed by atoms with Crippen LogP contribution in [0.25, 0.3) is 0 Å². The first-order chi connectivity index (χ1) is 45.9. The molecule has 0 aromatic heterocycles. The smallest absolute Gasteiger partial charge is 0.328 e. The molecule has 3 unspecified atom stereocenters. The number of amides is 5. The van der Waals surface area contributed by atoms with E-state index in [-0.39, 0.29) is 40.9 Å². The number of urea groups is 1. The molecule has 0 radical (unpaired) electrons. The number of aliphatic hydroxyl groups is 1. The molecule has 17 nitrogen and oxygen atoms in total. The first-order valence-electron chi connectivity index (χ1n) is 33.7. The number of Topliss-reactive ketones (excluding diaryl/α,β-unsaturated/α-hetero) is 1. The van der Waals surface area contributed by atoms with Crippen LogP contribution in [0.3, 0.4) is 0 Å². The molecule has 4 aliphatic heterocycles. The van der Waals surface area contributed by atoms with Crippen molar-refractivity contribution in [1.82, 2.24) is 25.3 Å². The second-order valence-electron chi connectivity index (χ2n) is 27.2. The summed E-state index contributed by atoms with van der Waals surface area (Å²) in [5, 5.41) is 35.8. The Hall–Kier alpha value is -7.65. The van der Waals surface area contributed by atoms with E-state index < -0.39 is 57.1 Å². The third kappa shape index (κ3) is 15.5. The Balaban J connectivity index is 0.000000143. The third-order valence-electron chi connectivity index (χ3n) is 20.4. The molecule has 1 spiro atoms. The average molecular weight is 1340 g/mol. The average Bonchev–Trinajstić information content (AvgIpc) is 1.42. The molecule has 2 saturated carbocycles. The Morgan fingerprint density at radius 2 is 1.38 bits per heavy atom. The van der Waals surface area contributed by atoms with Crippen LogP contribution >= 0.6 is 11.8 Å². The second kappa shape index (κ2) is 31.7. The number of nitrogens with zero attached hydrogens (tertiary/aromatic N) is 4. The molecule has 512 valence electrons. The number of carbonyl (C=O) groups is 5. The Kier molecular flexibility index (Phi) is 24.0. The van der Waals surface area contributed by atoms with Crippen molar-refractivity contribution in [2.75, 3.05) is 65.0 Å². The van der Waals surface area contributed by atoms with Crippen molar-refractivity contribution < 1.29 is 48.2 Å². The van der Waals surface area contributed by atoms with Gasteiger partial charge in [0, 0.05) is 64.3 Å². The zero-order chi connectivity index (χ0) is 69.2. The fraction of sp³-hybridized carbons (Fsp3) is 0.442. The highest BCUT2D eigenvalue weighted by Gasteiger charge is 2.73. The Morgan fingerprint density at radius 1 is 0.792 bits per heavy atom. The highest BCUT2D eigenvalue weighted by molar-refractivity contribution is 7.99. The second-order valence-corrected chi connectivity index (χ2v) is 29.8. The van der Waals surface area contributed by atoms with Gasteiger partial charge in [0.15, 0.2) is 23.4 Å². The van der Waals surface area contributed by atoms with Gasteiger partial charge >= 0.3 is 6.03 Å². The number of allylic oxidation sites excluding steroid dienone is 1. The first kappa shape index (κ1) is 72.6. The quantitative estimate of drug-likeness (QED) is 0.0327. The predicted molar refractivity (Wildman–Crippen MR) is 381 cm³/mol. The number of primary amides is 1. The van der Waals surface area contributed by atoms with E-state index in [0.29, 0.717) is 48.6 Å². The largest absolute Gasteiger partial charge is 0.508 e. The summed E-state index contributed by atoms with van der Waals surface area (Å²) in [5.41, 5.74) is 10.1. The van der Waals surface area contributed by atoms with Crippen LogP contribution in [0.1, 0.15) is 125 Å². The van der Waals surface area contributed by atoms with E-state index in [9.17, 15) is 43.5 Å². The van der Waals surface area contributed by atoms with Crippen LogP contribution < -0.4 is 26.0 Å². The maximum Gasteiger partial charge on any atom is 0.328 e. The molecule has 5 amide bonds. The maximum absolute atomic E-state index is 12.7. The summed E-state index contributed by atoms with van der Waals surface area (Å²) in [6, 6.07) is 47.5. The molecular weight excluding hydrogens is 1250 g/mol. The zero-order valence-electron chi connectivity index (χ0n) is 57.0. The van der Waals surface area contributed by atoms with Crippen molar-refractivity contribution in [3.63, 3.8) is 0 Å². The van der Waals surface area contributed by atoms with E-state index >= 15 is 0 Å². The van der Waals surface area contributed by atoms with Crippen LogP contribution in [-0.4, -0.2) is 148 Å². The number of barbiturate groups is 1. The highest BCUT2D eigenvalue weighted by Crippen LogP contribution is 2.65. The van der Waals surface area contributed by atoms with Crippen LogP contribution in [-0.2, 0) is 41.8 Å². The highest BCUT2D eigenvalue weighted by atomic mass is 32.2. The lowest BCUT2D eigenvalue weighted by atomic mass is 9.49. The minimum atomic E-state index is -1.36. The number of hydrogen-bond acceptors (Lipinski definition) is 15. The summed E-state index contributed by atoms with van der Waals surface area (Å²) in [6.45, 7) is 18.1. The van der Waals surface area contributed by atoms with E-state index in [1.807, 2.05) is 104 Å². The van der Waals surface area contributed by atoms with Crippen molar-refractivity contribution in [2.45, 2.75) is 143 Å². The van der Waals surface area contributed by atoms with Gasteiger partial charge in [0.1, 0.15) is 16.9 Å². The number of ether oxygens (including phenoxy) is 1. The molecule has 9 atom stereocenters. The molecule has 3 aliphatic carbocycles. The van der Waals surface area contributed by atoms with Crippen LogP contribution in [0.15, 0.2) is 168 Å². The number of carbonyl (C=O) groups excluding carboxylic acids is 5. The number of phenolic OH excluding ortho intramolecular Hbond substituents is 2. The summed E-state index contributed by atoms with van der Waals surface area (Å²) in [5.74, 6) is 0.984. The summed E-state index contributed by atoms with van der Waals surface area (Å²) in [6.07, 6.45) is 7.86. The van der Waals surface area contributed by atoms with Gasteiger partial charge in [-0.15, -0.1) is 6.58 Å². The number of fused-ring (bicyclic) bond motifs is 2. The Labute approximate surface area is 573 Å². The molecule has 7 aliphatic rings. The lowest BCUT2D eigenvalue weighted by molar-refractivity contribution is -0.188. The number of aromatic hydroxyl groups is 2. The van der Waals surface area contributed by atoms with Crippen molar-refractivity contribution in [3.05, 3.63) is 186 Å². The molecule has 13 rings (SSSR count). The van der Waals surface area contributed by atoms with Gasteiger partial charge in [0.2, 0.25) is 17.7 Å². The molecule has 7 N–H and O–H groups in total. The summed E-state index contributed by atoms with van der Waals surface area (Å²) in [7, 11) is 7.12. The van der Waals surface area contributed by atoms with Gasteiger partial charge in [0.05, 0.1) is 27.6 Å². The SMILES string of the molecule is C=CCC1(C(C)CC)C(=O)NC(=O)NC1=O.CC(CN1c2ccccc2Sc2ccccc21)N(C)C.CC[C@@H](c1cccc(O)c1)[C@@H](C)CN(C)C.NC(=O)CS(=O)C(c1ccccc1)c1ccccc1.O=C1CC[C@@]2(O)[C@H]3Cc4ccc(O)c5c4[C@@]2(CCN3CC2CC2)[C@H]1O5. The predicted octanol–water partition coefficient (Wildman–Crippen LogP) is 11.8. The van der Waals surface area contributed by atoms with Crippen LogP contribution in [0, 0.1) is 23.2 Å². The molecule has 19 heteroatoms. The van der Waals surface area contributed by atoms with Crippen molar-refractivity contribution in [3.8, 4) is 17.2 Å². The third-order valence-corrected chi connectivity index (χ3v) is 23.2. The maximum atomic E-state index is 12.7. The van der Waals surface area contributed by atoms with Crippen molar-refractivity contribution in [2.24, 2.45) is 28.9 Å². The Morgan fingerprint density at radius 3 is 1.91 bits per heavy atom. The number of likely N-dealkylation sites (tertiary alicyclic amines) is 1. The number of likely N-dealkylation sites (N-methyl/N-ethyl adjacent to an activating group) is 1. The number of nitrogens with one attached hydrogen (secondary N) is 2. The molecule has 6 aromatic rings. The first-order valence-corrected chi connectivity index (χ1v) is 35.9. The number of phenols is 2. The van der Waals surface area contributed by atoms with E-state index in [0.717, 1.165) is 73.6 Å². The molecule has 2 saturated heterocycles. The van der Waals surface area contributed by atoms with E-state index in [2.05, 4.69) is 140 Å². The topological polar surface area (TPSA) is 235 Å². The van der Waals surface area contributed by atoms with Gasteiger partial charge < -0.3 is 40.5 Å². The lowest BCUT2D eigenvalue weighted by Gasteiger charge is -2.62. The fourth-order valence-corrected chi connectivity index (χ4v) is 17.5. The number of para-hydroxylation sites is 2. The van der Waals surface area contributed by atoms with Crippen molar-refractivity contribution >= 4 is 63.5 Å². The molecule has 4 heterocycles. The number of imide groups is 2. The molecule has 6 aromatic carbocycles. The molecular formula is C77H97N7O10S2. The van der Waals surface area contributed by atoms with Gasteiger partial charge in [-0.05, 0) is 175 Å². The van der Waals surface area contributed by atoms with Gasteiger partial charge in [-0.1, -0.05) is 155 Å². The number of piperidine rings is 1. The minimum Gasteiger partial charge on any atom is -0.508 e. The van der Waals surface area contributed by atoms with Gasteiger partial charge in [-0.3, -0.25) is 38.9 Å². The zero-order valence-corrected chi connectivity index (χ0v) is 58.7. The van der Waals surface area contributed by atoms with E-state index in [1.54, 1.807) is 12.1 Å². The van der Waals surface area contributed by atoms with Gasteiger partial charge in [-0.2, -0.15) is 0 Å². The van der Waals surface area contributed by atoms with Crippen LogP contribution in [0.2, 0.25) is 0 Å². The van der Waals surface area contributed by atoms with E-state index in [4.69, 9.17) is 10.5 Å². The normalized spacial score (nSPS) is 22.3. The fourth-order valence-electron chi connectivity index (χ4n) is 15.0. The number of rotatable bonds is 19. The number of hydrogen-bond donors (Lipinski definition) is 6. The summed E-state index contributed by atoms with van der Waals surface area (Å²) >= 11 is 1.87. The number of anilines is 2. The molecule has 2 bridgehead atoms. The van der Waals surface area contributed by atoms with Crippen molar-refractivity contribution in [1.29, 1.82) is 0 Å². The summed E-state index contributed by atoms with van der Waals surface area (Å²) in [4.78, 5) is 70.6.